The minimum absolute atomic E-state index is 0.0547. The number of carbonyl (C=O) groups is 2. The highest BCUT2D eigenvalue weighted by Gasteiger charge is 2.34. The molecule has 0 radical (unpaired) electrons. The molecule has 1 N–H and O–H groups in total. The number of hydrogen-bond donors (Lipinski definition) is 1. The van der Waals surface area contributed by atoms with Gasteiger partial charge >= 0.3 is 0 Å². The summed E-state index contributed by atoms with van der Waals surface area (Å²) in [6, 6.07) is 18.2. The highest BCUT2D eigenvalue weighted by Crippen LogP contribution is 2.30. The van der Waals surface area contributed by atoms with Crippen LogP contribution in [0.1, 0.15) is 35.6 Å². The average molecular weight is 556 g/mol. The molecule has 9 heteroatoms. The Bertz CT molecular complexity index is 1410. The van der Waals surface area contributed by atoms with Crippen molar-refractivity contribution in [3.63, 3.8) is 0 Å². The van der Waals surface area contributed by atoms with Crippen LogP contribution in [-0.4, -0.2) is 44.8 Å². The largest absolute Gasteiger partial charge is 0.357 e. The number of amides is 2. The van der Waals surface area contributed by atoms with Gasteiger partial charge in [-0.3, -0.25) is 13.9 Å². The van der Waals surface area contributed by atoms with Crippen molar-refractivity contribution in [1.82, 2.24) is 10.2 Å². The van der Waals surface area contributed by atoms with Gasteiger partial charge in [0.05, 0.1) is 10.6 Å². The van der Waals surface area contributed by atoms with Crippen molar-refractivity contribution >= 4 is 39.1 Å². The molecule has 202 valence electrons. The molecule has 0 spiro atoms. The van der Waals surface area contributed by atoms with E-state index in [1.165, 1.54) is 30.1 Å². The van der Waals surface area contributed by atoms with Gasteiger partial charge in [0.2, 0.25) is 11.8 Å². The minimum atomic E-state index is -4.15. The van der Waals surface area contributed by atoms with E-state index < -0.39 is 28.5 Å². The second-order valence-corrected chi connectivity index (χ2v) is 11.5. The monoisotopic (exact) mass is 555 g/mol. The van der Waals surface area contributed by atoms with E-state index in [1.807, 2.05) is 45.0 Å². The van der Waals surface area contributed by atoms with Crippen LogP contribution in [0.2, 0.25) is 5.02 Å². The van der Waals surface area contributed by atoms with Crippen LogP contribution in [0.4, 0.5) is 5.69 Å². The standard InChI is InChI=1S/C29H34ClN3O4S/c1-6-26(29(35)31-5)32(18-23-10-8-7-9-21(23)3)28(34)19-33(27-17-24(30)14-13-22(27)4)38(36,37)25-15-11-20(2)12-16-25/h7-17,26H,6,18-19H2,1-5H3,(H,31,35)/t26-/m1/s1. The maximum atomic E-state index is 14.0. The Labute approximate surface area is 230 Å². The van der Waals surface area contributed by atoms with Gasteiger partial charge in [-0.25, -0.2) is 8.42 Å². The molecular formula is C29H34ClN3O4S. The lowest BCUT2D eigenvalue weighted by atomic mass is 10.1. The van der Waals surface area contributed by atoms with Crippen LogP contribution in [0.5, 0.6) is 0 Å². The molecule has 7 nitrogen and oxygen atoms in total. The first-order valence-corrected chi connectivity index (χ1v) is 14.2. The van der Waals surface area contributed by atoms with Gasteiger partial charge < -0.3 is 10.2 Å². The Hall–Kier alpha value is -3.36. The van der Waals surface area contributed by atoms with E-state index in [0.29, 0.717) is 22.7 Å². The molecule has 0 unspecified atom stereocenters. The molecule has 3 rings (SSSR count). The zero-order valence-electron chi connectivity index (χ0n) is 22.4. The highest BCUT2D eigenvalue weighted by atomic mass is 35.5. The van der Waals surface area contributed by atoms with Crippen molar-refractivity contribution in [2.45, 2.75) is 51.6 Å². The number of halogens is 1. The van der Waals surface area contributed by atoms with Crippen molar-refractivity contribution in [3.8, 4) is 0 Å². The van der Waals surface area contributed by atoms with Crippen molar-refractivity contribution in [3.05, 3.63) is 94.0 Å². The van der Waals surface area contributed by atoms with Crippen molar-refractivity contribution in [2.75, 3.05) is 17.9 Å². The Balaban J connectivity index is 2.12. The van der Waals surface area contributed by atoms with Gasteiger partial charge in [0.15, 0.2) is 0 Å². The summed E-state index contributed by atoms with van der Waals surface area (Å²) in [7, 11) is -2.63. The molecule has 0 saturated carbocycles. The molecule has 0 bridgehead atoms. The zero-order valence-corrected chi connectivity index (χ0v) is 23.9. The van der Waals surface area contributed by atoms with Gasteiger partial charge in [-0.1, -0.05) is 66.6 Å². The van der Waals surface area contributed by atoms with E-state index in [0.717, 1.165) is 21.0 Å². The second-order valence-electron chi connectivity index (χ2n) is 9.24. The van der Waals surface area contributed by atoms with Crippen LogP contribution in [-0.2, 0) is 26.2 Å². The number of nitrogens with zero attached hydrogens (tertiary/aromatic N) is 2. The third-order valence-corrected chi connectivity index (χ3v) is 8.57. The Morgan fingerprint density at radius 2 is 1.61 bits per heavy atom. The number of aryl methyl sites for hydroxylation is 3. The van der Waals surface area contributed by atoms with Gasteiger partial charge in [0.1, 0.15) is 12.6 Å². The Kier molecular flexibility index (Phi) is 9.57. The molecule has 1 atom stereocenters. The summed E-state index contributed by atoms with van der Waals surface area (Å²) in [5.41, 5.74) is 3.69. The van der Waals surface area contributed by atoms with Crippen molar-refractivity contribution < 1.29 is 18.0 Å². The summed E-state index contributed by atoms with van der Waals surface area (Å²) in [5, 5.41) is 2.98. The van der Waals surface area contributed by atoms with Crippen LogP contribution in [0.15, 0.2) is 71.6 Å². The topological polar surface area (TPSA) is 86.8 Å². The third-order valence-electron chi connectivity index (χ3n) is 6.56. The highest BCUT2D eigenvalue weighted by molar-refractivity contribution is 7.92. The second kappa shape index (κ2) is 12.5. The molecule has 0 aromatic heterocycles. The molecule has 0 heterocycles. The molecule has 0 aliphatic heterocycles. The molecule has 0 aliphatic carbocycles. The molecule has 0 aliphatic rings. The Morgan fingerprint density at radius 3 is 2.21 bits per heavy atom. The number of rotatable bonds is 10. The SMILES string of the molecule is CC[C@H](C(=O)NC)N(Cc1ccccc1C)C(=O)CN(c1cc(Cl)ccc1C)S(=O)(=O)c1ccc(C)cc1. The van der Waals surface area contributed by atoms with Crippen LogP contribution < -0.4 is 9.62 Å². The van der Waals surface area contributed by atoms with Crippen LogP contribution in [0.25, 0.3) is 0 Å². The van der Waals surface area contributed by atoms with Gasteiger partial charge in [-0.15, -0.1) is 0 Å². The number of likely N-dealkylation sites (N-methyl/N-ethyl adjacent to an activating group) is 1. The van der Waals surface area contributed by atoms with Crippen LogP contribution in [0, 0.1) is 20.8 Å². The van der Waals surface area contributed by atoms with E-state index in [-0.39, 0.29) is 17.3 Å². The summed E-state index contributed by atoms with van der Waals surface area (Å²) in [5.74, 6) is -0.819. The summed E-state index contributed by atoms with van der Waals surface area (Å²) in [6.07, 6.45) is 0.359. The first-order chi connectivity index (χ1) is 18.0. The van der Waals surface area contributed by atoms with E-state index >= 15 is 0 Å². The lowest BCUT2D eigenvalue weighted by Gasteiger charge is -2.33. The zero-order chi connectivity index (χ0) is 28.0. The van der Waals surface area contributed by atoms with Crippen LogP contribution >= 0.6 is 11.6 Å². The Morgan fingerprint density at radius 1 is 0.947 bits per heavy atom. The van der Waals surface area contributed by atoms with Crippen molar-refractivity contribution in [1.29, 1.82) is 0 Å². The quantitative estimate of drug-likeness (QED) is 0.381. The van der Waals surface area contributed by atoms with Crippen molar-refractivity contribution in [2.24, 2.45) is 0 Å². The molecule has 0 saturated heterocycles. The van der Waals surface area contributed by atoms with E-state index in [9.17, 15) is 18.0 Å². The fraction of sp³-hybridized carbons (Fsp3) is 0.310. The summed E-state index contributed by atoms with van der Waals surface area (Å²) >= 11 is 6.27. The van der Waals surface area contributed by atoms with Gasteiger partial charge in [0, 0.05) is 18.6 Å². The molecule has 3 aromatic rings. The molecule has 38 heavy (non-hydrogen) atoms. The number of hydrogen-bond acceptors (Lipinski definition) is 4. The lowest BCUT2D eigenvalue weighted by Crippen LogP contribution is -2.52. The van der Waals surface area contributed by atoms with E-state index in [4.69, 9.17) is 11.6 Å². The first-order valence-electron chi connectivity index (χ1n) is 12.4. The van der Waals surface area contributed by atoms with Crippen LogP contribution in [0.3, 0.4) is 0 Å². The number of anilines is 1. The molecular weight excluding hydrogens is 522 g/mol. The number of nitrogens with one attached hydrogen (secondary N) is 1. The smallest absolute Gasteiger partial charge is 0.264 e. The predicted molar refractivity (Wildman–Crippen MR) is 152 cm³/mol. The lowest BCUT2D eigenvalue weighted by molar-refractivity contribution is -0.140. The third kappa shape index (κ3) is 6.55. The number of benzene rings is 3. The predicted octanol–water partition coefficient (Wildman–Crippen LogP) is 5.01. The van der Waals surface area contributed by atoms with Gasteiger partial charge in [0.25, 0.3) is 10.0 Å². The summed E-state index contributed by atoms with van der Waals surface area (Å²) < 4.78 is 29.0. The fourth-order valence-electron chi connectivity index (χ4n) is 4.26. The average Bonchev–Trinajstić information content (AvgIpc) is 2.89. The van der Waals surface area contributed by atoms with E-state index in [1.54, 1.807) is 31.2 Å². The maximum Gasteiger partial charge on any atom is 0.264 e. The maximum absolute atomic E-state index is 14.0. The number of sulfonamides is 1. The van der Waals surface area contributed by atoms with Gasteiger partial charge in [-0.2, -0.15) is 0 Å². The van der Waals surface area contributed by atoms with E-state index in [2.05, 4.69) is 5.32 Å². The number of carbonyl (C=O) groups excluding carboxylic acids is 2. The minimum Gasteiger partial charge on any atom is -0.357 e. The molecule has 2 amide bonds. The normalized spacial score (nSPS) is 12.1. The molecule has 0 fully saturated rings. The molecule has 3 aromatic carbocycles. The summed E-state index contributed by atoms with van der Waals surface area (Å²) in [6.45, 7) is 7.04. The fourth-order valence-corrected chi connectivity index (χ4v) is 5.90. The summed E-state index contributed by atoms with van der Waals surface area (Å²) in [4.78, 5) is 28.3. The van der Waals surface area contributed by atoms with Gasteiger partial charge in [-0.05, 0) is 68.1 Å². The first kappa shape index (κ1) is 29.2.